The molecule has 0 radical (unpaired) electrons. The lowest BCUT2D eigenvalue weighted by Gasteiger charge is -2.07. The van der Waals surface area contributed by atoms with E-state index in [1.807, 2.05) is 24.3 Å². The van der Waals surface area contributed by atoms with Crippen molar-refractivity contribution in [1.29, 1.82) is 0 Å². The van der Waals surface area contributed by atoms with E-state index in [1.54, 1.807) is 0 Å². The van der Waals surface area contributed by atoms with Crippen molar-refractivity contribution >= 4 is 28.5 Å². The van der Waals surface area contributed by atoms with Crippen molar-refractivity contribution in [3.63, 3.8) is 0 Å². The van der Waals surface area contributed by atoms with E-state index in [4.69, 9.17) is 0 Å². The van der Waals surface area contributed by atoms with E-state index in [0.29, 0.717) is 0 Å². The third kappa shape index (κ3) is 3.81. The summed E-state index contributed by atoms with van der Waals surface area (Å²) in [7, 11) is 0. The van der Waals surface area contributed by atoms with Crippen LogP contribution in [0, 0.1) is 0 Å². The van der Waals surface area contributed by atoms with Crippen molar-refractivity contribution in [2.75, 3.05) is 11.0 Å². The lowest BCUT2D eigenvalue weighted by Crippen LogP contribution is -2.25. The first-order chi connectivity index (χ1) is 7.29. The number of benzene rings is 1. The van der Waals surface area contributed by atoms with Crippen LogP contribution in [0.5, 0.6) is 0 Å². The molecule has 0 aliphatic carbocycles. The van der Waals surface area contributed by atoms with Crippen molar-refractivity contribution in [2.24, 2.45) is 0 Å². The van der Waals surface area contributed by atoms with E-state index in [1.165, 1.54) is 0 Å². The highest BCUT2D eigenvalue weighted by Gasteiger charge is 2.07. The third-order valence-electron chi connectivity index (χ3n) is 2.24. The number of halogens is 1. The average molecular weight is 317 g/mol. The minimum atomic E-state index is 0.0531. The van der Waals surface area contributed by atoms with E-state index in [9.17, 15) is 4.79 Å². The van der Waals surface area contributed by atoms with Crippen molar-refractivity contribution in [1.82, 2.24) is 5.32 Å². The van der Waals surface area contributed by atoms with E-state index in [0.717, 1.165) is 34.9 Å². The van der Waals surface area contributed by atoms with Crippen molar-refractivity contribution in [2.45, 2.75) is 19.8 Å². The first-order valence-electron chi connectivity index (χ1n) is 5.21. The molecule has 15 heavy (non-hydrogen) atoms. The Morgan fingerprint density at radius 1 is 1.40 bits per heavy atom. The number of nitrogens with one attached hydrogen (secondary N) is 1. The summed E-state index contributed by atoms with van der Waals surface area (Å²) in [5.41, 5.74) is 1.93. The average Bonchev–Trinajstić information content (AvgIpc) is 2.29. The number of amides is 1. The number of rotatable bonds is 5. The zero-order chi connectivity index (χ0) is 11.1. The minimum Gasteiger partial charge on any atom is -0.352 e. The lowest BCUT2D eigenvalue weighted by molar-refractivity contribution is 0.0953. The smallest absolute Gasteiger partial charge is 0.251 e. The predicted octanol–water partition coefficient (Wildman–Crippen LogP) is 2.80. The summed E-state index contributed by atoms with van der Waals surface area (Å²) < 4.78 is 1.08. The van der Waals surface area contributed by atoms with Gasteiger partial charge in [0.2, 0.25) is 0 Å². The van der Waals surface area contributed by atoms with Gasteiger partial charge in [-0.05, 0) is 24.5 Å². The van der Waals surface area contributed by atoms with Crippen LogP contribution in [0.1, 0.15) is 29.3 Å². The van der Waals surface area contributed by atoms with Crippen molar-refractivity contribution in [3.05, 3.63) is 35.4 Å². The summed E-state index contributed by atoms with van der Waals surface area (Å²) in [5.74, 6) is 0.0531. The van der Waals surface area contributed by atoms with Crippen LogP contribution in [0.3, 0.4) is 0 Å². The quantitative estimate of drug-likeness (QED) is 0.505. The Balaban J connectivity index is 2.64. The molecule has 0 heterocycles. The fraction of sp³-hybridized carbons (Fsp3) is 0.417. The second kappa shape index (κ2) is 6.82. The van der Waals surface area contributed by atoms with Gasteiger partial charge in [-0.15, -0.1) is 0 Å². The van der Waals surface area contributed by atoms with Crippen LogP contribution in [0.4, 0.5) is 0 Å². The van der Waals surface area contributed by atoms with Gasteiger partial charge in [0.15, 0.2) is 0 Å². The Bertz CT molecular complexity index is 325. The first kappa shape index (κ1) is 12.5. The molecule has 0 fully saturated rings. The Labute approximate surface area is 105 Å². The maximum absolute atomic E-state index is 11.8. The normalized spacial score (nSPS) is 10.0. The summed E-state index contributed by atoms with van der Waals surface area (Å²) in [6.45, 7) is 2.83. The second-order valence-electron chi connectivity index (χ2n) is 3.31. The summed E-state index contributed by atoms with van der Waals surface area (Å²) in [5, 5.41) is 2.93. The minimum absolute atomic E-state index is 0.0531. The fourth-order valence-corrected chi connectivity index (χ4v) is 1.80. The fourth-order valence-electron chi connectivity index (χ4n) is 1.41. The van der Waals surface area contributed by atoms with Gasteiger partial charge >= 0.3 is 0 Å². The van der Waals surface area contributed by atoms with Crippen molar-refractivity contribution < 1.29 is 4.79 Å². The van der Waals surface area contributed by atoms with Gasteiger partial charge in [-0.2, -0.15) is 0 Å². The molecule has 1 aromatic rings. The Hall–Kier alpha value is -0.580. The van der Waals surface area contributed by atoms with Gasteiger partial charge in [0.05, 0.1) is 0 Å². The Morgan fingerprint density at radius 2 is 2.13 bits per heavy atom. The molecule has 1 amide bonds. The van der Waals surface area contributed by atoms with Gasteiger partial charge in [-0.25, -0.2) is 0 Å². The van der Waals surface area contributed by atoms with Gasteiger partial charge in [0, 0.05) is 16.5 Å². The summed E-state index contributed by atoms with van der Waals surface area (Å²) >= 11 is 2.31. The van der Waals surface area contributed by atoms with Gasteiger partial charge in [-0.1, -0.05) is 47.7 Å². The molecule has 0 saturated heterocycles. The molecule has 0 atom stereocenters. The molecule has 82 valence electrons. The summed E-state index contributed by atoms with van der Waals surface area (Å²) in [6, 6.07) is 7.78. The zero-order valence-corrected chi connectivity index (χ0v) is 11.1. The summed E-state index contributed by atoms with van der Waals surface area (Å²) in [4.78, 5) is 11.8. The highest BCUT2D eigenvalue weighted by molar-refractivity contribution is 14.1. The van der Waals surface area contributed by atoms with Gasteiger partial charge in [-0.3, -0.25) is 4.79 Å². The highest BCUT2D eigenvalue weighted by Crippen LogP contribution is 2.08. The van der Waals surface area contributed by atoms with Crippen molar-refractivity contribution in [3.8, 4) is 0 Å². The van der Waals surface area contributed by atoms with E-state index in [-0.39, 0.29) is 5.91 Å². The molecule has 0 saturated carbocycles. The van der Waals surface area contributed by atoms with Crippen LogP contribution in [0.15, 0.2) is 24.3 Å². The standard InChI is InChI=1S/C12H16INO/c1-2-10-6-3-4-7-11(10)12(15)14-9-5-8-13/h3-4,6-7H,2,5,8-9H2,1H3,(H,14,15). The largest absolute Gasteiger partial charge is 0.352 e. The molecule has 0 spiro atoms. The Morgan fingerprint density at radius 3 is 2.80 bits per heavy atom. The Kier molecular flexibility index (Phi) is 5.68. The number of hydrogen-bond donors (Lipinski definition) is 1. The monoisotopic (exact) mass is 317 g/mol. The van der Waals surface area contributed by atoms with Crippen LogP contribution in [-0.2, 0) is 6.42 Å². The molecule has 1 N–H and O–H groups in total. The SMILES string of the molecule is CCc1ccccc1C(=O)NCCCI. The molecule has 1 aromatic carbocycles. The molecular formula is C12H16INO. The molecule has 0 unspecified atom stereocenters. The molecule has 0 bridgehead atoms. The van der Waals surface area contributed by atoms with Crippen LogP contribution in [0.25, 0.3) is 0 Å². The lowest BCUT2D eigenvalue weighted by atomic mass is 10.0. The van der Waals surface area contributed by atoms with E-state index in [2.05, 4.69) is 34.8 Å². The van der Waals surface area contributed by atoms with Gasteiger partial charge < -0.3 is 5.32 Å². The summed E-state index contributed by atoms with van der Waals surface area (Å²) in [6.07, 6.45) is 1.93. The van der Waals surface area contributed by atoms with Gasteiger partial charge in [0.1, 0.15) is 0 Å². The van der Waals surface area contributed by atoms with Crippen LogP contribution < -0.4 is 5.32 Å². The number of hydrogen-bond acceptors (Lipinski definition) is 1. The third-order valence-corrected chi connectivity index (χ3v) is 3.00. The first-order valence-corrected chi connectivity index (χ1v) is 6.74. The number of aryl methyl sites for hydroxylation is 1. The molecular weight excluding hydrogens is 301 g/mol. The molecule has 0 aromatic heterocycles. The maximum atomic E-state index is 11.8. The molecule has 3 heteroatoms. The van der Waals surface area contributed by atoms with Crippen LogP contribution in [0.2, 0.25) is 0 Å². The van der Waals surface area contributed by atoms with E-state index >= 15 is 0 Å². The molecule has 1 rings (SSSR count). The number of carbonyl (C=O) groups excluding carboxylic acids is 1. The molecule has 2 nitrogen and oxygen atoms in total. The van der Waals surface area contributed by atoms with E-state index < -0.39 is 0 Å². The van der Waals surface area contributed by atoms with Gasteiger partial charge in [0.25, 0.3) is 5.91 Å². The second-order valence-corrected chi connectivity index (χ2v) is 4.39. The predicted molar refractivity (Wildman–Crippen MR) is 71.7 cm³/mol. The number of carbonyl (C=O) groups is 1. The molecule has 0 aliphatic heterocycles. The molecule has 0 aliphatic rings. The van der Waals surface area contributed by atoms with Crippen LogP contribution in [-0.4, -0.2) is 16.9 Å². The highest BCUT2D eigenvalue weighted by atomic mass is 127. The van der Waals surface area contributed by atoms with Crippen LogP contribution >= 0.6 is 22.6 Å². The topological polar surface area (TPSA) is 29.1 Å². The number of alkyl halides is 1. The maximum Gasteiger partial charge on any atom is 0.251 e. The zero-order valence-electron chi connectivity index (χ0n) is 8.92.